The van der Waals surface area contributed by atoms with Crippen LogP contribution in [0.15, 0.2) is 83.0 Å². The van der Waals surface area contributed by atoms with Gasteiger partial charge in [-0.05, 0) is 47.9 Å². The second-order valence-corrected chi connectivity index (χ2v) is 8.28. The van der Waals surface area contributed by atoms with Crippen molar-refractivity contribution in [1.82, 2.24) is 4.90 Å². The quantitative estimate of drug-likeness (QED) is 0.518. The smallest absolute Gasteiger partial charge is 0.290 e. The summed E-state index contributed by atoms with van der Waals surface area (Å²) >= 11 is 3.47. The first-order valence-electron chi connectivity index (χ1n) is 9.67. The van der Waals surface area contributed by atoms with Gasteiger partial charge in [0.25, 0.3) is 5.91 Å². The van der Waals surface area contributed by atoms with Gasteiger partial charge in [0.15, 0.2) is 5.76 Å². The number of hydrogen-bond donors (Lipinski definition) is 1. The van der Waals surface area contributed by atoms with Gasteiger partial charge in [0.1, 0.15) is 5.75 Å². The van der Waals surface area contributed by atoms with Crippen molar-refractivity contribution in [2.45, 2.75) is 19.5 Å². The highest BCUT2D eigenvalue weighted by Crippen LogP contribution is 2.44. The number of hydrogen-bond acceptors (Lipinski definition) is 3. The number of carbonyl (C=O) groups excluding carboxylic acids is 1. The van der Waals surface area contributed by atoms with Crippen LogP contribution in [0.5, 0.6) is 5.75 Å². The highest BCUT2D eigenvalue weighted by atomic mass is 79.9. The number of carbonyl (C=O) groups is 1. The molecule has 4 nitrogen and oxygen atoms in total. The standard InChI is InChI=1S/C25H22BrNO3/c1-16-3-7-18(8-4-16)22-23(19-9-11-20(26)12-10-19)27(25(29)24(22)28)15-17-5-13-21(30-2)14-6-17/h3-14,23,28H,15H2,1-2H3/t23-/m0/s1. The van der Waals surface area contributed by atoms with Crippen LogP contribution in [0.1, 0.15) is 28.3 Å². The van der Waals surface area contributed by atoms with E-state index in [9.17, 15) is 9.90 Å². The van der Waals surface area contributed by atoms with Gasteiger partial charge in [-0.3, -0.25) is 4.79 Å². The predicted molar refractivity (Wildman–Crippen MR) is 121 cm³/mol. The topological polar surface area (TPSA) is 49.8 Å². The van der Waals surface area contributed by atoms with Gasteiger partial charge in [0.2, 0.25) is 0 Å². The summed E-state index contributed by atoms with van der Waals surface area (Å²) in [5.41, 5.74) is 4.51. The summed E-state index contributed by atoms with van der Waals surface area (Å²) in [5, 5.41) is 10.9. The Morgan fingerprint density at radius 2 is 1.60 bits per heavy atom. The molecule has 0 saturated heterocycles. The first-order chi connectivity index (χ1) is 14.5. The Bertz CT molecular complexity index is 1090. The lowest BCUT2D eigenvalue weighted by Gasteiger charge is -2.27. The third-order valence-electron chi connectivity index (χ3n) is 5.36. The molecule has 3 aromatic carbocycles. The van der Waals surface area contributed by atoms with E-state index in [2.05, 4.69) is 15.9 Å². The molecule has 30 heavy (non-hydrogen) atoms. The Balaban J connectivity index is 1.77. The number of benzene rings is 3. The molecule has 0 unspecified atom stereocenters. The van der Waals surface area contributed by atoms with Crippen LogP contribution in [-0.4, -0.2) is 23.0 Å². The molecule has 1 aliphatic heterocycles. The summed E-state index contributed by atoms with van der Waals surface area (Å²) in [6.45, 7) is 2.39. The Morgan fingerprint density at radius 1 is 0.967 bits per heavy atom. The lowest BCUT2D eigenvalue weighted by Crippen LogP contribution is -2.29. The predicted octanol–water partition coefficient (Wildman–Crippen LogP) is 5.82. The van der Waals surface area contributed by atoms with Crippen LogP contribution < -0.4 is 4.74 Å². The second-order valence-electron chi connectivity index (χ2n) is 7.36. The Hall–Kier alpha value is -3.05. The third kappa shape index (κ3) is 3.85. The molecule has 0 radical (unpaired) electrons. The maximum Gasteiger partial charge on any atom is 0.290 e. The Morgan fingerprint density at radius 3 is 2.20 bits per heavy atom. The minimum Gasteiger partial charge on any atom is -0.503 e. The molecular weight excluding hydrogens is 442 g/mol. The number of rotatable bonds is 5. The van der Waals surface area contributed by atoms with Crippen molar-refractivity contribution >= 4 is 27.4 Å². The van der Waals surface area contributed by atoms with Crippen molar-refractivity contribution in [3.63, 3.8) is 0 Å². The van der Waals surface area contributed by atoms with Crippen molar-refractivity contribution in [1.29, 1.82) is 0 Å². The summed E-state index contributed by atoms with van der Waals surface area (Å²) in [7, 11) is 1.62. The number of nitrogens with zero attached hydrogens (tertiary/aromatic N) is 1. The van der Waals surface area contributed by atoms with E-state index in [0.29, 0.717) is 12.1 Å². The molecule has 1 aliphatic rings. The molecule has 0 aromatic heterocycles. The van der Waals surface area contributed by atoms with Gasteiger partial charge in [-0.2, -0.15) is 0 Å². The second kappa shape index (κ2) is 8.36. The van der Waals surface area contributed by atoms with Crippen molar-refractivity contribution in [3.05, 3.63) is 105 Å². The zero-order valence-electron chi connectivity index (χ0n) is 16.8. The summed E-state index contributed by atoms with van der Waals surface area (Å²) in [6.07, 6.45) is 0. The van der Waals surface area contributed by atoms with Crippen LogP contribution in [-0.2, 0) is 11.3 Å². The van der Waals surface area contributed by atoms with Gasteiger partial charge in [0.05, 0.1) is 13.2 Å². The van der Waals surface area contributed by atoms with Crippen molar-refractivity contribution < 1.29 is 14.6 Å². The maximum atomic E-state index is 13.1. The molecule has 0 aliphatic carbocycles. The largest absolute Gasteiger partial charge is 0.503 e. The first kappa shape index (κ1) is 20.2. The van der Waals surface area contributed by atoms with Crippen LogP contribution in [0.2, 0.25) is 0 Å². The molecule has 5 heteroatoms. The van der Waals surface area contributed by atoms with E-state index in [1.54, 1.807) is 12.0 Å². The summed E-state index contributed by atoms with van der Waals surface area (Å²) in [4.78, 5) is 14.8. The van der Waals surface area contributed by atoms with Gasteiger partial charge < -0.3 is 14.7 Å². The van der Waals surface area contributed by atoms with Crippen molar-refractivity contribution in [2.24, 2.45) is 0 Å². The number of aliphatic hydroxyl groups excluding tert-OH is 1. The third-order valence-corrected chi connectivity index (χ3v) is 5.89. The van der Waals surface area contributed by atoms with E-state index < -0.39 is 0 Å². The molecule has 1 atom stereocenters. The highest BCUT2D eigenvalue weighted by molar-refractivity contribution is 9.10. The zero-order chi connectivity index (χ0) is 21.3. The van der Waals surface area contributed by atoms with E-state index in [-0.39, 0.29) is 17.7 Å². The number of amides is 1. The molecule has 0 fully saturated rings. The molecule has 0 spiro atoms. The summed E-state index contributed by atoms with van der Waals surface area (Å²) in [6, 6.07) is 23.0. The normalized spacial score (nSPS) is 16.3. The van der Waals surface area contributed by atoms with E-state index in [1.807, 2.05) is 79.7 Å². The fourth-order valence-electron chi connectivity index (χ4n) is 3.76. The number of methoxy groups -OCH3 is 1. The van der Waals surface area contributed by atoms with Gasteiger partial charge >= 0.3 is 0 Å². The number of halogens is 1. The molecule has 1 N–H and O–H groups in total. The van der Waals surface area contributed by atoms with Crippen molar-refractivity contribution in [3.8, 4) is 5.75 Å². The molecular formula is C25H22BrNO3. The lowest BCUT2D eigenvalue weighted by molar-refractivity contribution is -0.130. The summed E-state index contributed by atoms with van der Waals surface area (Å²) < 4.78 is 6.19. The van der Waals surface area contributed by atoms with Gasteiger partial charge in [0, 0.05) is 16.6 Å². The van der Waals surface area contributed by atoms with Crippen LogP contribution in [0.3, 0.4) is 0 Å². The molecule has 1 amide bonds. The van der Waals surface area contributed by atoms with Crippen LogP contribution >= 0.6 is 15.9 Å². The average Bonchev–Trinajstić information content (AvgIpc) is 3.00. The van der Waals surface area contributed by atoms with Crippen LogP contribution in [0.4, 0.5) is 0 Å². The number of aliphatic hydroxyl groups is 1. The van der Waals surface area contributed by atoms with E-state index in [0.717, 1.165) is 32.5 Å². The van der Waals surface area contributed by atoms with Gasteiger partial charge in [-0.15, -0.1) is 0 Å². The van der Waals surface area contributed by atoms with E-state index in [4.69, 9.17) is 4.74 Å². The fraction of sp³-hybridized carbons (Fsp3) is 0.160. The van der Waals surface area contributed by atoms with Gasteiger partial charge in [-0.25, -0.2) is 0 Å². The number of ether oxygens (including phenoxy) is 1. The minimum atomic E-state index is -0.379. The van der Waals surface area contributed by atoms with E-state index in [1.165, 1.54) is 0 Å². The zero-order valence-corrected chi connectivity index (χ0v) is 18.4. The van der Waals surface area contributed by atoms with Crippen LogP contribution in [0.25, 0.3) is 5.57 Å². The SMILES string of the molecule is COc1ccc(CN2C(=O)C(O)=C(c3ccc(C)cc3)[C@@H]2c2ccc(Br)cc2)cc1. The van der Waals surface area contributed by atoms with Gasteiger partial charge in [-0.1, -0.05) is 70.0 Å². The first-order valence-corrected chi connectivity index (χ1v) is 10.5. The maximum absolute atomic E-state index is 13.1. The lowest BCUT2D eigenvalue weighted by atomic mass is 9.93. The molecule has 3 aromatic rings. The molecule has 0 bridgehead atoms. The molecule has 0 saturated carbocycles. The fourth-order valence-corrected chi connectivity index (χ4v) is 4.03. The van der Waals surface area contributed by atoms with Crippen LogP contribution in [0, 0.1) is 6.92 Å². The van der Waals surface area contributed by atoms with Crippen molar-refractivity contribution in [2.75, 3.05) is 7.11 Å². The Kier molecular flexibility index (Phi) is 5.64. The number of aryl methyl sites for hydroxylation is 1. The monoisotopic (exact) mass is 463 g/mol. The summed E-state index contributed by atoms with van der Waals surface area (Å²) in [5.74, 6) is 0.201. The Labute approximate surface area is 184 Å². The molecule has 1 heterocycles. The highest BCUT2D eigenvalue weighted by Gasteiger charge is 2.40. The minimum absolute atomic E-state index is 0.194. The molecule has 152 valence electrons. The van der Waals surface area contributed by atoms with E-state index >= 15 is 0 Å². The molecule has 4 rings (SSSR count). The average molecular weight is 464 g/mol.